The zero-order valence-electron chi connectivity index (χ0n) is 23.0. The summed E-state index contributed by atoms with van der Waals surface area (Å²) < 4.78 is 0. The van der Waals surface area contributed by atoms with E-state index in [0.29, 0.717) is 25.3 Å². The summed E-state index contributed by atoms with van der Waals surface area (Å²) >= 11 is 0. The van der Waals surface area contributed by atoms with Crippen LogP contribution in [-0.4, -0.2) is 78.8 Å². The molecule has 1 aromatic heterocycles. The molecule has 0 aliphatic carbocycles. The Morgan fingerprint density at radius 3 is 2.48 bits per heavy atom. The third-order valence-corrected chi connectivity index (χ3v) is 8.10. The average molecular weight is 539 g/mol. The molecule has 0 saturated carbocycles. The summed E-state index contributed by atoms with van der Waals surface area (Å²) in [6.07, 6.45) is 1.96. The zero-order valence-corrected chi connectivity index (χ0v) is 23.0. The lowest BCUT2D eigenvalue weighted by Crippen LogP contribution is -2.49. The lowest BCUT2D eigenvalue weighted by molar-refractivity contribution is -0.114. The van der Waals surface area contributed by atoms with E-state index in [2.05, 4.69) is 51.1 Å². The fourth-order valence-corrected chi connectivity index (χ4v) is 5.81. The minimum atomic E-state index is -0.174. The lowest BCUT2D eigenvalue weighted by Gasteiger charge is -2.43. The van der Waals surface area contributed by atoms with Crippen LogP contribution in [-0.2, 0) is 11.3 Å². The standard InChI is InChI=1S/C30H34N8O2/c1-4-29(39)37-14-13-26(23-7-5-6-8-25(23)37)38-20-24-27(35(3)30(38)40)19-28(33-32-24)31-21-9-11-22(12-10-21)36-17-15-34(2)16-18-36/h4-12,19,26H,1,13-18,20H2,2-3H3,(H,31,33). The van der Waals surface area contributed by atoms with Crippen LogP contribution in [0, 0.1) is 0 Å². The highest BCUT2D eigenvalue weighted by Gasteiger charge is 2.38. The van der Waals surface area contributed by atoms with Crippen molar-refractivity contribution in [1.29, 1.82) is 0 Å². The van der Waals surface area contributed by atoms with Crippen LogP contribution < -0.4 is 20.0 Å². The van der Waals surface area contributed by atoms with Gasteiger partial charge in [-0.1, -0.05) is 24.8 Å². The number of hydrogen-bond acceptors (Lipinski definition) is 7. The van der Waals surface area contributed by atoms with Crippen molar-refractivity contribution in [3.8, 4) is 0 Å². The summed E-state index contributed by atoms with van der Waals surface area (Å²) in [7, 11) is 3.93. The summed E-state index contributed by atoms with van der Waals surface area (Å²) in [5.74, 6) is 0.444. The summed E-state index contributed by atoms with van der Waals surface area (Å²) in [5.41, 5.74) is 5.35. The largest absolute Gasteiger partial charge is 0.369 e. The van der Waals surface area contributed by atoms with Gasteiger partial charge in [-0.15, -0.1) is 10.2 Å². The van der Waals surface area contributed by atoms with Crippen LogP contribution in [0.1, 0.15) is 23.7 Å². The molecule has 10 nitrogen and oxygen atoms in total. The van der Waals surface area contributed by atoms with Crippen molar-refractivity contribution >= 4 is 40.5 Å². The quantitative estimate of drug-likeness (QED) is 0.491. The molecular formula is C30H34N8O2. The van der Waals surface area contributed by atoms with E-state index in [1.165, 1.54) is 11.8 Å². The Kier molecular flexibility index (Phi) is 6.85. The summed E-state index contributed by atoms with van der Waals surface area (Å²) in [4.78, 5) is 36.0. The van der Waals surface area contributed by atoms with Crippen molar-refractivity contribution < 1.29 is 9.59 Å². The van der Waals surface area contributed by atoms with Crippen LogP contribution in [0.3, 0.4) is 0 Å². The number of amides is 3. The second-order valence-electron chi connectivity index (χ2n) is 10.6. The third kappa shape index (κ3) is 4.75. The molecule has 6 rings (SSSR count). The molecule has 206 valence electrons. The maximum absolute atomic E-state index is 13.6. The van der Waals surface area contributed by atoms with Crippen molar-refractivity contribution in [2.75, 3.05) is 66.8 Å². The Hall–Kier alpha value is -4.44. The summed E-state index contributed by atoms with van der Waals surface area (Å²) in [6, 6.07) is 17.7. The summed E-state index contributed by atoms with van der Waals surface area (Å²) in [5, 5.41) is 12.3. The second-order valence-corrected chi connectivity index (χ2v) is 10.6. The molecule has 0 bridgehead atoms. The number of nitrogens with one attached hydrogen (secondary N) is 1. The van der Waals surface area contributed by atoms with Gasteiger partial charge in [-0.3, -0.25) is 9.69 Å². The first kappa shape index (κ1) is 25.8. The first-order valence-electron chi connectivity index (χ1n) is 13.7. The molecule has 1 fully saturated rings. The SMILES string of the molecule is C=CC(=O)N1CCC(N2Cc3nnc(Nc4ccc(N5CCN(C)CC5)cc4)cc3N(C)C2=O)c2ccccc21. The normalized spacial score (nSPS) is 19.2. The van der Waals surface area contributed by atoms with Crippen LogP contribution in [0.15, 0.2) is 67.3 Å². The fraction of sp³-hybridized carbons (Fsp3) is 0.333. The van der Waals surface area contributed by atoms with Gasteiger partial charge < -0.3 is 24.9 Å². The van der Waals surface area contributed by atoms with E-state index in [1.54, 1.807) is 16.8 Å². The first-order valence-corrected chi connectivity index (χ1v) is 13.7. The van der Waals surface area contributed by atoms with Crippen LogP contribution in [0.2, 0.25) is 0 Å². The number of carbonyl (C=O) groups is 2. The number of aromatic nitrogens is 2. The minimum absolute atomic E-state index is 0.105. The van der Waals surface area contributed by atoms with Crippen molar-refractivity contribution in [1.82, 2.24) is 20.0 Å². The summed E-state index contributed by atoms with van der Waals surface area (Å²) in [6.45, 7) is 8.67. The Morgan fingerprint density at radius 2 is 1.73 bits per heavy atom. The van der Waals surface area contributed by atoms with Gasteiger partial charge in [0.1, 0.15) is 5.69 Å². The number of anilines is 5. The fourth-order valence-electron chi connectivity index (χ4n) is 5.81. The zero-order chi connectivity index (χ0) is 27.8. The van der Waals surface area contributed by atoms with Gasteiger partial charge >= 0.3 is 6.03 Å². The van der Waals surface area contributed by atoms with Gasteiger partial charge in [0.2, 0.25) is 5.91 Å². The number of para-hydroxylation sites is 1. The number of likely N-dealkylation sites (N-methyl/N-ethyl adjacent to an activating group) is 1. The monoisotopic (exact) mass is 538 g/mol. The number of benzene rings is 2. The Balaban J connectivity index is 1.19. The first-order chi connectivity index (χ1) is 19.4. The molecule has 3 aromatic rings. The maximum Gasteiger partial charge on any atom is 0.325 e. The van der Waals surface area contributed by atoms with Crippen LogP contribution in [0.25, 0.3) is 0 Å². The molecule has 2 aromatic carbocycles. The third-order valence-electron chi connectivity index (χ3n) is 8.10. The molecular weight excluding hydrogens is 504 g/mol. The molecule has 10 heteroatoms. The Morgan fingerprint density at radius 1 is 0.975 bits per heavy atom. The number of nitrogens with zero attached hydrogens (tertiary/aromatic N) is 7. The van der Waals surface area contributed by atoms with Gasteiger partial charge in [0.15, 0.2) is 5.82 Å². The highest BCUT2D eigenvalue weighted by Crippen LogP contribution is 2.41. The predicted octanol–water partition coefficient (Wildman–Crippen LogP) is 4.01. The number of fused-ring (bicyclic) bond motifs is 2. The van der Waals surface area contributed by atoms with Crippen molar-refractivity contribution in [3.63, 3.8) is 0 Å². The molecule has 0 radical (unpaired) electrons. The van der Waals surface area contributed by atoms with E-state index in [1.807, 2.05) is 47.4 Å². The van der Waals surface area contributed by atoms with Crippen LogP contribution in [0.4, 0.5) is 33.4 Å². The van der Waals surface area contributed by atoms with Crippen molar-refractivity contribution in [2.24, 2.45) is 0 Å². The highest BCUT2D eigenvalue weighted by atomic mass is 16.2. The number of hydrogen-bond donors (Lipinski definition) is 1. The topological polar surface area (TPSA) is 88.2 Å². The molecule has 1 saturated heterocycles. The van der Waals surface area contributed by atoms with Crippen LogP contribution >= 0.6 is 0 Å². The smallest absolute Gasteiger partial charge is 0.325 e. The molecule has 4 heterocycles. The van der Waals surface area contributed by atoms with E-state index < -0.39 is 0 Å². The number of carbonyl (C=O) groups excluding carboxylic acids is 2. The van der Waals surface area contributed by atoms with E-state index >= 15 is 0 Å². The van der Waals surface area contributed by atoms with Gasteiger partial charge in [0.25, 0.3) is 0 Å². The molecule has 1 atom stereocenters. The minimum Gasteiger partial charge on any atom is -0.369 e. The molecule has 3 amide bonds. The molecule has 3 aliphatic rings. The van der Waals surface area contributed by atoms with Crippen LogP contribution in [0.5, 0.6) is 0 Å². The van der Waals surface area contributed by atoms with Gasteiger partial charge in [-0.05, 0) is 55.4 Å². The van der Waals surface area contributed by atoms with E-state index in [0.717, 1.165) is 54.5 Å². The Bertz CT molecular complexity index is 1430. The van der Waals surface area contributed by atoms with E-state index in [9.17, 15) is 9.59 Å². The maximum atomic E-state index is 13.6. The molecule has 0 spiro atoms. The van der Waals surface area contributed by atoms with Gasteiger partial charge in [0, 0.05) is 62.9 Å². The lowest BCUT2D eigenvalue weighted by atomic mass is 9.94. The van der Waals surface area contributed by atoms with E-state index in [4.69, 9.17) is 0 Å². The Labute approximate surface area is 234 Å². The highest BCUT2D eigenvalue weighted by molar-refractivity contribution is 6.02. The molecule has 1 unspecified atom stereocenters. The second kappa shape index (κ2) is 10.6. The molecule has 3 aliphatic heterocycles. The average Bonchev–Trinajstić information content (AvgIpc) is 2.99. The molecule has 40 heavy (non-hydrogen) atoms. The van der Waals surface area contributed by atoms with Crippen molar-refractivity contribution in [3.05, 3.63) is 78.5 Å². The molecule has 1 N–H and O–H groups in total. The van der Waals surface area contributed by atoms with E-state index in [-0.39, 0.29) is 18.0 Å². The van der Waals surface area contributed by atoms with Crippen molar-refractivity contribution in [2.45, 2.75) is 19.0 Å². The predicted molar refractivity (Wildman–Crippen MR) is 157 cm³/mol. The number of piperazine rings is 1. The number of urea groups is 1. The number of rotatable bonds is 5. The van der Waals surface area contributed by atoms with Gasteiger partial charge in [-0.25, -0.2) is 4.79 Å². The van der Waals surface area contributed by atoms with Gasteiger partial charge in [-0.2, -0.15) is 0 Å². The van der Waals surface area contributed by atoms with Gasteiger partial charge in [0.05, 0.1) is 18.3 Å².